The summed E-state index contributed by atoms with van der Waals surface area (Å²) < 4.78 is 6.04. The number of aliphatic hydroxyl groups excluding tert-OH is 2. The van der Waals surface area contributed by atoms with E-state index in [1.807, 2.05) is 13.8 Å². The number of hydrogen-bond donors (Lipinski definition) is 3. The average molecular weight is 545 g/mol. The van der Waals surface area contributed by atoms with E-state index in [1.165, 1.54) is 26.3 Å². The zero-order valence-electron chi connectivity index (χ0n) is 24.7. The normalized spacial score (nSPS) is 38.7. The first kappa shape index (κ1) is 30.1. The van der Waals surface area contributed by atoms with E-state index < -0.39 is 22.9 Å². The average Bonchev–Trinajstić information content (AvgIpc) is 3.19. The number of carbonyl (C=O) groups is 3. The highest BCUT2D eigenvalue weighted by Crippen LogP contribution is 2.68. The molecule has 0 aliphatic heterocycles. The molecule has 4 rings (SSSR count). The van der Waals surface area contributed by atoms with Crippen LogP contribution in [0.2, 0.25) is 0 Å². The summed E-state index contributed by atoms with van der Waals surface area (Å²) in [7, 11) is 0. The van der Waals surface area contributed by atoms with Gasteiger partial charge in [0.2, 0.25) is 0 Å². The molecule has 3 N–H and O–H groups in total. The van der Waals surface area contributed by atoms with Crippen molar-refractivity contribution in [3.63, 3.8) is 0 Å². The smallest absolute Gasteiger partial charge is 0.302 e. The Balaban J connectivity index is 1.62. The van der Waals surface area contributed by atoms with Gasteiger partial charge in [0.15, 0.2) is 11.6 Å². The lowest BCUT2D eigenvalue weighted by molar-refractivity contribution is -0.169. The fourth-order valence-electron chi connectivity index (χ4n) is 9.04. The van der Waals surface area contributed by atoms with Crippen molar-refractivity contribution in [3.05, 3.63) is 23.8 Å². The van der Waals surface area contributed by atoms with Gasteiger partial charge in [-0.2, -0.15) is 0 Å². The third-order valence-electron chi connectivity index (χ3n) is 11.2. The molecule has 0 heterocycles. The first-order chi connectivity index (χ1) is 18.0. The van der Waals surface area contributed by atoms with Crippen LogP contribution in [0.4, 0.5) is 0 Å². The number of ketones is 2. The van der Waals surface area contributed by atoms with E-state index in [-0.39, 0.29) is 71.3 Å². The number of aliphatic hydroxyl groups is 3. The second-order valence-electron chi connectivity index (χ2n) is 14.3. The zero-order valence-corrected chi connectivity index (χ0v) is 24.7. The van der Waals surface area contributed by atoms with Crippen molar-refractivity contribution in [2.24, 2.45) is 45.8 Å². The third kappa shape index (κ3) is 4.97. The Hall–Kier alpha value is -1.83. The summed E-state index contributed by atoms with van der Waals surface area (Å²) in [5.41, 5.74) is -1.25. The van der Waals surface area contributed by atoms with Crippen molar-refractivity contribution in [3.8, 4) is 0 Å². The van der Waals surface area contributed by atoms with Crippen LogP contribution in [0.25, 0.3) is 0 Å². The predicted octanol–water partition coefficient (Wildman–Crippen LogP) is 4.18. The van der Waals surface area contributed by atoms with E-state index in [1.54, 1.807) is 6.08 Å². The molecule has 8 unspecified atom stereocenters. The highest BCUT2D eigenvalue weighted by molar-refractivity contribution is 5.95. The molecule has 4 aliphatic rings. The van der Waals surface area contributed by atoms with E-state index in [4.69, 9.17) is 4.74 Å². The van der Waals surface area contributed by atoms with E-state index in [0.29, 0.717) is 12.8 Å². The van der Waals surface area contributed by atoms with Crippen LogP contribution in [-0.4, -0.2) is 57.3 Å². The van der Waals surface area contributed by atoms with Crippen LogP contribution in [-0.2, 0) is 19.1 Å². The van der Waals surface area contributed by atoms with Crippen LogP contribution in [0.5, 0.6) is 0 Å². The second kappa shape index (κ2) is 10.2. The number of esters is 1. The molecule has 0 aromatic heterocycles. The maximum Gasteiger partial charge on any atom is 0.302 e. The SMILES string of the molecule is CC(=O)O[C@@H]1CC2C(C)(C)C(=O)C=CC2(C)C2CCC3(C)C(=CCC3C(CO)CCC(O)C(=O)C(C)(C)O)C21. The van der Waals surface area contributed by atoms with E-state index in [2.05, 4.69) is 26.0 Å². The van der Waals surface area contributed by atoms with Gasteiger partial charge in [-0.25, -0.2) is 0 Å². The van der Waals surface area contributed by atoms with Gasteiger partial charge in [-0.15, -0.1) is 0 Å². The number of fused-ring (bicyclic) bond motifs is 5. The summed E-state index contributed by atoms with van der Waals surface area (Å²) in [5, 5.41) is 30.9. The van der Waals surface area contributed by atoms with Crippen LogP contribution in [0.3, 0.4) is 0 Å². The summed E-state index contributed by atoms with van der Waals surface area (Å²) in [4.78, 5) is 37.5. The lowest BCUT2D eigenvalue weighted by Gasteiger charge is -2.62. The molecule has 0 spiro atoms. The van der Waals surface area contributed by atoms with Crippen molar-refractivity contribution in [2.75, 3.05) is 6.61 Å². The number of rotatable bonds is 8. The van der Waals surface area contributed by atoms with Crippen LogP contribution < -0.4 is 0 Å². The molecular formula is C32H48O7. The summed E-state index contributed by atoms with van der Waals surface area (Å²) in [6.07, 6.45) is 8.52. The van der Waals surface area contributed by atoms with E-state index in [9.17, 15) is 29.7 Å². The third-order valence-corrected chi connectivity index (χ3v) is 11.2. The van der Waals surface area contributed by atoms with Crippen LogP contribution in [0.1, 0.15) is 87.0 Å². The summed E-state index contributed by atoms with van der Waals surface area (Å²) in [6.45, 7) is 12.7. The first-order valence-corrected chi connectivity index (χ1v) is 14.7. The molecule has 0 radical (unpaired) electrons. The van der Waals surface area contributed by atoms with Gasteiger partial charge in [0.05, 0.1) is 0 Å². The number of ether oxygens (including phenoxy) is 1. The van der Waals surface area contributed by atoms with Gasteiger partial charge in [-0.1, -0.05) is 45.4 Å². The Labute approximate surface area is 233 Å². The topological polar surface area (TPSA) is 121 Å². The molecule has 0 saturated heterocycles. The molecule has 0 aromatic carbocycles. The Bertz CT molecular complexity index is 1060. The van der Waals surface area contributed by atoms with Crippen molar-refractivity contribution in [1.29, 1.82) is 0 Å². The molecule has 0 bridgehead atoms. The molecule has 2 fully saturated rings. The Morgan fingerprint density at radius 3 is 2.44 bits per heavy atom. The van der Waals surface area contributed by atoms with Gasteiger partial charge >= 0.3 is 5.97 Å². The largest absolute Gasteiger partial charge is 0.462 e. The molecule has 4 aliphatic carbocycles. The summed E-state index contributed by atoms with van der Waals surface area (Å²) in [5.74, 6) is -0.445. The number of carbonyl (C=O) groups excluding carboxylic acids is 3. The Morgan fingerprint density at radius 2 is 1.85 bits per heavy atom. The van der Waals surface area contributed by atoms with Crippen molar-refractivity contribution in [2.45, 2.75) is 105 Å². The molecule has 218 valence electrons. The number of hydrogen-bond acceptors (Lipinski definition) is 7. The minimum Gasteiger partial charge on any atom is -0.462 e. The van der Waals surface area contributed by atoms with Gasteiger partial charge in [0.25, 0.3) is 0 Å². The number of allylic oxidation sites excluding steroid dienone is 3. The van der Waals surface area contributed by atoms with Crippen LogP contribution >= 0.6 is 0 Å². The number of Topliss-reactive ketones (excluding diaryl/α,β-unsaturated/α-hetero) is 1. The fourth-order valence-corrected chi connectivity index (χ4v) is 9.04. The van der Waals surface area contributed by atoms with Gasteiger partial charge in [-0.05, 0) is 93.0 Å². The maximum absolute atomic E-state index is 12.9. The molecule has 0 aromatic rings. The highest BCUT2D eigenvalue weighted by Gasteiger charge is 2.63. The summed E-state index contributed by atoms with van der Waals surface area (Å²) in [6, 6.07) is 0. The highest BCUT2D eigenvalue weighted by atomic mass is 16.5. The minimum atomic E-state index is -1.60. The van der Waals surface area contributed by atoms with Gasteiger partial charge < -0.3 is 20.1 Å². The van der Waals surface area contributed by atoms with Crippen molar-refractivity contribution in [1.82, 2.24) is 0 Å². The monoisotopic (exact) mass is 544 g/mol. The molecule has 7 heteroatoms. The molecule has 39 heavy (non-hydrogen) atoms. The fraction of sp³-hybridized carbons (Fsp3) is 0.781. The van der Waals surface area contributed by atoms with Crippen molar-refractivity contribution >= 4 is 17.5 Å². The maximum atomic E-state index is 12.9. The van der Waals surface area contributed by atoms with Crippen molar-refractivity contribution < 1.29 is 34.4 Å². The molecule has 2 saturated carbocycles. The molecule has 9 atom stereocenters. The quantitative estimate of drug-likeness (QED) is 0.310. The lowest BCUT2D eigenvalue weighted by atomic mass is 9.43. The van der Waals surface area contributed by atoms with E-state index >= 15 is 0 Å². The molecular weight excluding hydrogens is 496 g/mol. The van der Waals surface area contributed by atoms with Gasteiger partial charge in [-0.3, -0.25) is 14.4 Å². The molecule has 7 nitrogen and oxygen atoms in total. The van der Waals surface area contributed by atoms with Crippen LogP contribution in [0.15, 0.2) is 23.8 Å². The zero-order chi connectivity index (χ0) is 29.1. The van der Waals surface area contributed by atoms with Gasteiger partial charge in [0, 0.05) is 24.9 Å². The summed E-state index contributed by atoms with van der Waals surface area (Å²) >= 11 is 0. The lowest BCUT2D eigenvalue weighted by Crippen LogP contribution is -2.60. The minimum absolute atomic E-state index is 0.0363. The molecule has 0 amide bonds. The predicted molar refractivity (Wildman–Crippen MR) is 147 cm³/mol. The van der Waals surface area contributed by atoms with Gasteiger partial charge in [0.1, 0.15) is 17.8 Å². The van der Waals surface area contributed by atoms with E-state index in [0.717, 1.165) is 19.3 Å². The Kier molecular flexibility index (Phi) is 7.90. The standard InChI is InChI=1S/C32H48O7/c1-18(34)39-24-16-25-29(2,3)26(36)13-15-32(25,7)22-12-14-31(6)20(9-10-21(31)27(22)24)19(17-33)8-11-23(35)28(37)30(4,5)38/h10,13,15,19-20,22-25,27,33,35,38H,8-9,11-12,14,16-17H2,1-7H3/t19?,20?,22?,23?,24-,25?,27?,31?,32?/m1/s1. The Morgan fingerprint density at radius 1 is 1.18 bits per heavy atom. The first-order valence-electron chi connectivity index (χ1n) is 14.7. The van der Waals surface area contributed by atoms with Crippen LogP contribution in [0, 0.1) is 45.8 Å². The second-order valence-corrected chi connectivity index (χ2v) is 14.3.